The lowest BCUT2D eigenvalue weighted by molar-refractivity contribution is 0.306. The Kier molecular flexibility index (Phi) is 3.56. The van der Waals surface area contributed by atoms with Gasteiger partial charge in [0.05, 0.1) is 5.52 Å². The lowest BCUT2D eigenvalue weighted by atomic mass is 10.1. The highest BCUT2D eigenvalue weighted by Crippen LogP contribution is 2.22. The molecule has 3 nitrogen and oxygen atoms in total. The lowest BCUT2D eigenvalue weighted by Gasteiger charge is -2.09. The van der Waals surface area contributed by atoms with Crippen LogP contribution in [0.2, 0.25) is 0 Å². The summed E-state index contributed by atoms with van der Waals surface area (Å²) in [5.41, 5.74) is 7.77. The van der Waals surface area contributed by atoms with Gasteiger partial charge in [-0.05, 0) is 30.3 Å². The molecule has 3 rings (SSSR count). The van der Waals surface area contributed by atoms with Crippen LogP contribution in [0, 0.1) is 0 Å². The molecule has 1 heterocycles. The zero-order chi connectivity index (χ0) is 13.9. The minimum atomic E-state index is 0.403. The predicted octanol–water partition coefficient (Wildman–Crippen LogP) is 4.16. The predicted molar refractivity (Wildman–Crippen MR) is 84.6 cm³/mol. The number of pyridine rings is 1. The molecule has 0 unspecified atom stereocenters. The number of fused-ring (bicyclic) bond motifs is 1. The van der Waals surface area contributed by atoms with E-state index in [0.29, 0.717) is 12.4 Å². The van der Waals surface area contributed by atoms with Crippen LogP contribution >= 0.6 is 15.9 Å². The molecular formula is C16H13BrN2O. The second kappa shape index (κ2) is 5.51. The van der Waals surface area contributed by atoms with Gasteiger partial charge in [0.2, 0.25) is 0 Å². The molecule has 0 spiro atoms. The van der Waals surface area contributed by atoms with Crippen molar-refractivity contribution in [3.05, 3.63) is 64.6 Å². The molecule has 20 heavy (non-hydrogen) atoms. The van der Waals surface area contributed by atoms with Crippen LogP contribution in [-0.2, 0) is 6.61 Å². The van der Waals surface area contributed by atoms with Crippen LogP contribution in [0.3, 0.4) is 0 Å². The molecule has 0 amide bonds. The van der Waals surface area contributed by atoms with Crippen molar-refractivity contribution in [1.29, 1.82) is 0 Å². The van der Waals surface area contributed by atoms with Crippen LogP contribution in [0.5, 0.6) is 5.75 Å². The summed E-state index contributed by atoms with van der Waals surface area (Å²) < 4.78 is 6.74. The maximum absolute atomic E-state index is 5.98. The molecule has 100 valence electrons. The Morgan fingerprint density at radius 2 is 1.90 bits per heavy atom. The van der Waals surface area contributed by atoms with Gasteiger partial charge in [-0.2, -0.15) is 0 Å². The van der Waals surface area contributed by atoms with Crippen LogP contribution in [0.4, 0.5) is 5.82 Å². The van der Waals surface area contributed by atoms with E-state index in [0.717, 1.165) is 26.7 Å². The quantitative estimate of drug-likeness (QED) is 0.785. The van der Waals surface area contributed by atoms with Crippen LogP contribution in [-0.4, -0.2) is 4.98 Å². The molecule has 0 bridgehead atoms. The van der Waals surface area contributed by atoms with Crippen molar-refractivity contribution in [3.63, 3.8) is 0 Å². The van der Waals surface area contributed by atoms with E-state index in [1.165, 1.54) is 0 Å². The largest absolute Gasteiger partial charge is 0.489 e. The molecule has 0 radical (unpaired) electrons. The fraction of sp³-hybridized carbons (Fsp3) is 0.0625. The summed E-state index contributed by atoms with van der Waals surface area (Å²) in [6.45, 7) is 0.403. The summed E-state index contributed by atoms with van der Waals surface area (Å²) >= 11 is 3.42. The van der Waals surface area contributed by atoms with E-state index in [-0.39, 0.29) is 0 Å². The molecule has 4 heteroatoms. The summed E-state index contributed by atoms with van der Waals surface area (Å²) in [6.07, 6.45) is 0. The average Bonchev–Trinajstić information content (AvgIpc) is 2.45. The normalized spacial score (nSPS) is 10.7. The van der Waals surface area contributed by atoms with Gasteiger partial charge in [0.25, 0.3) is 0 Å². The standard InChI is InChI=1S/C16H13BrN2O/c17-13-5-3-6-14(9-13)20-10-12-8-11-4-1-2-7-15(11)19-16(12)18/h1-9H,10H2,(H2,18,19). The van der Waals surface area contributed by atoms with E-state index in [4.69, 9.17) is 10.5 Å². The van der Waals surface area contributed by atoms with Crippen molar-refractivity contribution in [3.8, 4) is 5.75 Å². The fourth-order valence-electron chi connectivity index (χ4n) is 2.01. The highest BCUT2D eigenvalue weighted by atomic mass is 79.9. The second-order valence-electron chi connectivity index (χ2n) is 4.47. The third-order valence-corrected chi connectivity index (χ3v) is 3.52. The third kappa shape index (κ3) is 2.75. The zero-order valence-electron chi connectivity index (χ0n) is 10.7. The number of nitrogen functional groups attached to an aromatic ring is 1. The SMILES string of the molecule is Nc1nc2ccccc2cc1COc1cccc(Br)c1. The number of hydrogen-bond donors (Lipinski definition) is 1. The maximum Gasteiger partial charge on any atom is 0.130 e. The number of halogens is 1. The van der Waals surface area contributed by atoms with Crippen LogP contribution < -0.4 is 10.5 Å². The summed E-state index contributed by atoms with van der Waals surface area (Å²) in [5, 5.41) is 1.06. The summed E-state index contributed by atoms with van der Waals surface area (Å²) in [5.74, 6) is 1.31. The summed E-state index contributed by atoms with van der Waals surface area (Å²) in [7, 11) is 0. The fourth-order valence-corrected chi connectivity index (χ4v) is 2.39. The number of ether oxygens (including phenoxy) is 1. The van der Waals surface area contributed by atoms with Crippen molar-refractivity contribution in [1.82, 2.24) is 4.98 Å². The lowest BCUT2D eigenvalue weighted by Crippen LogP contribution is -2.02. The molecule has 0 aliphatic carbocycles. The second-order valence-corrected chi connectivity index (χ2v) is 5.39. The summed E-state index contributed by atoms with van der Waals surface area (Å²) in [4.78, 5) is 4.39. The van der Waals surface area contributed by atoms with Gasteiger partial charge in [0, 0.05) is 15.4 Å². The molecule has 0 aliphatic heterocycles. The van der Waals surface area contributed by atoms with Crippen LogP contribution in [0.1, 0.15) is 5.56 Å². The van der Waals surface area contributed by atoms with E-state index in [2.05, 4.69) is 20.9 Å². The Bertz CT molecular complexity index is 758. The Morgan fingerprint density at radius 3 is 2.75 bits per heavy atom. The zero-order valence-corrected chi connectivity index (χ0v) is 12.3. The number of hydrogen-bond acceptors (Lipinski definition) is 3. The van der Waals surface area contributed by atoms with E-state index in [1.54, 1.807) is 0 Å². The van der Waals surface area contributed by atoms with E-state index < -0.39 is 0 Å². The molecule has 1 aromatic heterocycles. The molecule has 0 atom stereocenters. The molecule has 3 aromatic rings. The molecule has 0 aliphatic rings. The van der Waals surface area contributed by atoms with E-state index >= 15 is 0 Å². The third-order valence-electron chi connectivity index (χ3n) is 3.03. The van der Waals surface area contributed by atoms with Gasteiger partial charge in [0.15, 0.2) is 0 Å². The first kappa shape index (κ1) is 12.9. The first-order valence-electron chi connectivity index (χ1n) is 6.25. The minimum Gasteiger partial charge on any atom is -0.489 e. The number of nitrogens with zero attached hydrogens (tertiary/aromatic N) is 1. The molecule has 2 N–H and O–H groups in total. The van der Waals surface area contributed by atoms with Crippen molar-refractivity contribution >= 4 is 32.7 Å². The van der Waals surface area contributed by atoms with Crippen molar-refractivity contribution in [2.45, 2.75) is 6.61 Å². The molecule has 0 saturated heterocycles. The monoisotopic (exact) mass is 328 g/mol. The molecule has 2 aromatic carbocycles. The van der Waals surface area contributed by atoms with Gasteiger partial charge >= 0.3 is 0 Å². The summed E-state index contributed by atoms with van der Waals surface area (Å²) in [6, 6.07) is 17.6. The Labute approximate surface area is 125 Å². The van der Waals surface area contributed by atoms with E-state index in [1.807, 2.05) is 54.6 Å². The van der Waals surface area contributed by atoms with Crippen molar-refractivity contribution in [2.24, 2.45) is 0 Å². The average molecular weight is 329 g/mol. The Balaban J connectivity index is 1.85. The number of rotatable bonds is 3. The van der Waals surface area contributed by atoms with Crippen LogP contribution in [0.25, 0.3) is 10.9 Å². The van der Waals surface area contributed by atoms with Gasteiger partial charge < -0.3 is 10.5 Å². The van der Waals surface area contributed by atoms with Gasteiger partial charge in [-0.1, -0.05) is 40.2 Å². The van der Waals surface area contributed by atoms with Crippen LogP contribution in [0.15, 0.2) is 59.1 Å². The van der Waals surface area contributed by atoms with Gasteiger partial charge in [-0.3, -0.25) is 0 Å². The van der Waals surface area contributed by atoms with E-state index in [9.17, 15) is 0 Å². The topological polar surface area (TPSA) is 48.1 Å². The number of nitrogens with two attached hydrogens (primary N) is 1. The van der Waals surface area contributed by atoms with Crippen molar-refractivity contribution < 1.29 is 4.74 Å². The highest BCUT2D eigenvalue weighted by Gasteiger charge is 2.05. The van der Waals surface area contributed by atoms with Gasteiger partial charge in [-0.25, -0.2) is 4.98 Å². The minimum absolute atomic E-state index is 0.403. The first-order chi connectivity index (χ1) is 9.72. The van der Waals surface area contributed by atoms with Crippen molar-refractivity contribution in [2.75, 3.05) is 5.73 Å². The number of anilines is 1. The molecule has 0 saturated carbocycles. The van der Waals surface area contributed by atoms with Gasteiger partial charge in [-0.15, -0.1) is 0 Å². The Hall–Kier alpha value is -2.07. The number of para-hydroxylation sites is 1. The molecule has 0 fully saturated rings. The number of benzene rings is 2. The first-order valence-corrected chi connectivity index (χ1v) is 7.04. The molecular weight excluding hydrogens is 316 g/mol. The smallest absolute Gasteiger partial charge is 0.130 e. The highest BCUT2D eigenvalue weighted by molar-refractivity contribution is 9.10. The van der Waals surface area contributed by atoms with Gasteiger partial charge in [0.1, 0.15) is 18.2 Å². The number of aromatic nitrogens is 1. The maximum atomic E-state index is 5.98. The Morgan fingerprint density at radius 1 is 1.05 bits per heavy atom.